The predicted octanol–water partition coefficient (Wildman–Crippen LogP) is 4.23. The molecule has 2 aromatic carbocycles. The van der Waals surface area contributed by atoms with E-state index in [-0.39, 0.29) is 0 Å². The van der Waals surface area contributed by atoms with E-state index in [0.717, 1.165) is 52.8 Å². The fourth-order valence-electron chi connectivity index (χ4n) is 3.18. The molecule has 2 aromatic heterocycles. The molecule has 4 aromatic rings. The van der Waals surface area contributed by atoms with Gasteiger partial charge >= 0.3 is 0 Å². The van der Waals surface area contributed by atoms with Crippen LogP contribution >= 0.6 is 0 Å². The molecule has 0 unspecified atom stereocenters. The van der Waals surface area contributed by atoms with Gasteiger partial charge in [0.2, 0.25) is 0 Å². The average Bonchev–Trinajstić information content (AvgIpc) is 3.05. The maximum absolute atomic E-state index is 5.22. The van der Waals surface area contributed by atoms with Crippen LogP contribution in [0, 0.1) is 0 Å². The molecule has 2 heterocycles. The molecule has 0 aliphatic carbocycles. The number of aromatic nitrogens is 4. The summed E-state index contributed by atoms with van der Waals surface area (Å²) in [6.45, 7) is 3.08. The molecule has 0 saturated carbocycles. The van der Waals surface area contributed by atoms with Gasteiger partial charge in [-0.15, -0.1) is 10.2 Å². The fourth-order valence-corrected chi connectivity index (χ4v) is 3.18. The number of nitrogens with one attached hydrogen (secondary N) is 1. The van der Waals surface area contributed by atoms with Crippen LogP contribution in [0.15, 0.2) is 53.6 Å². The van der Waals surface area contributed by atoms with Crippen molar-refractivity contribution >= 4 is 34.2 Å². The molecule has 7 nitrogen and oxygen atoms in total. The van der Waals surface area contributed by atoms with Gasteiger partial charge in [-0.2, -0.15) is 10.1 Å². The van der Waals surface area contributed by atoms with E-state index in [4.69, 9.17) is 4.74 Å². The molecule has 28 heavy (non-hydrogen) atoms. The zero-order chi connectivity index (χ0) is 19.3. The summed E-state index contributed by atoms with van der Waals surface area (Å²) in [6.07, 6.45) is 3.89. The molecule has 0 fully saturated rings. The number of anilines is 1. The predicted molar refractivity (Wildman–Crippen MR) is 112 cm³/mol. The zero-order valence-electron chi connectivity index (χ0n) is 16.0. The monoisotopic (exact) mass is 374 g/mol. The Morgan fingerprint density at radius 1 is 1.14 bits per heavy atom. The summed E-state index contributed by atoms with van der Waals surface area (Å²) >= 11 is 0. The van der Waals surface area contributed by atoms with Crippen LogP contribution < -0.4 is 10.2 Å². The smallest absolute Gasteiger partial charge is 0.265 e. The number of nitrogens with zero attached hydrogens (tertiary/aromatic N) is 5. The minimum atomic E-state index is 0.368. The van der Waals surface area contributed by atoms with Crippen molar-refractivity contribution in [2.24, 2.45) is 5.10 Å². The summed E-state index contributed by atoms with van der Waals surface area (Å²) in [7, 11) is 1.64. The second-order valence-corrected chi connectivity index (χ2v) is 6.48. The Morgan fingerprint density at radius 2 is 2.04 bits per heavy atom. The fraction of sp³-hybridized carbons (Fsp3) is 0.238. The van der Waals surface area contributed by atoms with Gasteiger partial charge < -0.3 is 9.30 Å². The lowest BCUT2D eigenvalue weighted by Gasteiger charge is -2.05. The van der Waals surface area contributed by atoms with E-state index in [1.165, 1.54) is 0 Å². The summed E-state index contributed by atoms with van der Waals surface area (Å²) in [6, 6.07) is 15.9. The number of methoxy groups -OCH3 is 1. The van der Waals surface area contributed by atoms with E-state index in [9.17, 15) is 0 Å². The summed E-state index contributed by atoms with van der Waals surface area (Å²) < 4.78 is 7.43. The molecule has 0 saturated heterocycles. The van der Waals surface area contributed by atoms with E-state index < -0.39 is 0 Å². The maximum Gasteiger partial charge on any atom is 0.265 e. The van der Waals surface area contributed by atoms with Crippen molar-refractivity contribution < 1.29 is 4.74 Å². The number of hydrogen-bond donors (Lipinski definition) is 1. The second-order valence-electron chi connectivity index (χ2n) is 6.48. The number of ether oxygens (including phenoxy) is 1. The molecule has 0 amide bonds. The Balaban J connectivity index is 1.65. The van der Waals surface area contributed by atoms with E-state index in [2.05, 4.69) is 49.3 Å². The van der Waals surface area contributed by atoms with E-state index in [1.807, 2.05) is 36.4 Å². The van der Waals surface area contributed by atoms with Crippen LogP contribution in [0.2, 0.25) is 0 Å². The van der Waals surface area contributed by atoms with Crippen LogP contribution in [-0.2, 0) is 6.54 Å². The van der Waals surface area contributed by atoms with Crippen LogP contribution in [-0.4, -0.2) is 33.1 Å². The number of para-hydroxylation sites is 1. The quantitative estimate of drug-likeness (QED) is 0.387. The summed E-state index contributed by atoms with van der Waals surface area (Å²) in [5, 5.41) is 13.9. The standard InChI is InChI=1S/C21H22N6O/c1-3-4-12-27-18-11-6-5-10-17(18)19-20(27)23-21(26-24-19)25-22-14-15-8-7-9-16(13-15)28-2/h5-11,13-14H,3-4,12H2,1-2H3,(H,23,25,26)/b22-14+. The highest BCUT2D eigenvalue weighted by Crippen LogP contribution is 2.26. The van der Waals surface area contributed by atoms with Crippen molar-refractivity contribution in [2.45, 2.75) is 26.3 Å². The molecule has 0 bridgehead atoms. The third-order valence-electron chi connectivity index (χ3n) is 4.58. The van der Waals surface area contributed by atoms with Crippen LogP contribution in [0.5, 0.6) is 5.75 Å². The number of benzene rings is 2. The average molecular weight is 374 g/mol. The first-order valence-corrected chi connectivity index (χ1v) is 9.35. The van der Waals surface area contributed by atoms with Crippen LogP contribution in [0.4, 0.5) is 5.95 Å². The highest BCUT2D eigenvalue weighted by Gasteiger charge is 2.14. The normalized spacial score (nSPS) is 11.5. The van der Waals surface area contributed by atoms with Crippen molar-refractivity contribution in [2.75, 3.05) is 12.5 Å². The van der Waals surface area contributed by atoms with Gasteiger partial charge in [0.15, 0.2) is 5.65 Å². The van der Waals surface area contributed by atoms with Crippen LogP contribution in [0.25, 0.3) is 22.1 Å². The molecule has 0 radical (unpaired) electrons. The molecule has 0 aliphatic rings. The van der Waals surface area contributed by atoms with Crippen LogP contribution in [0.1, 0.15) is 25.3 Å². The Kier molecular flexibility index (Phi) is 5.14. The van der Waals surface area contributed by atoms with Crippen molar-refractivity contribution in [1.82, 2.24) is 19.7 Å². The Hall–Kier alpha value is -3.48. The lowest BCUT2D eigenvalue weighted by molar-refractivity contribution is 0.415. The first-order valence-electron chi connectivity index (χ1n) is 9.35. The molecule has 0 spiro atoms. The van der Waals surface area contributed by atoms with Gasteiger partial charge in [-0.05, 0) is 30.2 Å². The molecule has 0 atom stereocenters. The van der Waals surface area contributed by atoms with Gasteiger partial charge in [0.1, 0.15) is 11.3 Å². The molecule has 1 N–H and O–H groups in total. The van der Waals surface area contributed by atoms with Gasteiger partial charge in [0.25, 0.3) is 5.95 Å². The van der Waals surface area contributed by atoms with Gasteiger partial charge in [0, 0.05) is 11.9 Å². The maximum atomic E-state index is 5.22. The first kappa shape index (κ1) is 17.9. The molecule has 4 rings (SSSR count). The SMILES string of the molecule is CCCCn1c2ccccc2c2nnc(N/N=C/c3cccc(OC)c3)nc21. The third-order valence-corrected chi connectivity index (χ3v) is 4.58. The largest absolute Gasteiger partial charge is 0.497 e. The number of hydrogen-bond acceptors (Lipinski definition) is 6. The van der Waals surface area contributed by atoms with E-state index in [0.29, 0.717) is 5.95 Å². The van der Waals surface area contributed by atoms with Gasteiger partial charge in [0.05, 0.1) is 18.8 Å². The highest BCUT2D eigenvalue weighted by atomic mass is 16.5. The zero-order valence-corrected chi connectivity index (χ0v) is 16.0. The number of aryl methyl sites for hydroxylation is 1. The second kappa shape index (κ2) is 8.04. The summed E-state index contributed by atoms with van der Waals surface area (Å²) in [4.78, 5) is 4.67. The topological polar surface area (TPSA) is 77.2 Å². The third kappa shape index (κ3) is 3.51. The first-order chi connectivity index (χ1) is 13.8. The number of hydrazone groups is 1. The van der Waals surface area contributed by atoms with E-state index >= 15 is 0 Å². The van der Waals surface area contributed by atoms with Gasteiger partial charge in [-0.25, -0.2) is 5.43 Å². The molecular formula is C21H22N6O. The highest BCUT2D eigenvalue weighted by molar-refractivity contribution is 6.04. The van der Waals surface area contributed by atoms with Gasteiger partial charge in [-0.1, -0.05) is 43.7 Å². The van der Waals surface area contributed by atoms with Gasteiger partial charge in [-0.3, -0.25) is 0 Å². The Bertz CT molecular complexity index is 1130. The van der Waals surface area contributed by atoms with Crippen molar-refractivity contribution in [1.29, 1.82) is 0 Å². The molecule has 142 valence electrons. The van der Waals surface area contributed by atoms with Crippen molar-refractivity contribution in [3.05, 3.63) is 54.1 Å². The molecular weight excluding hydrogens is 352 g/mol. The Morgan fingerprint density at radius 3 is 2.89 bits per heavy atom. The number of fused-ring (bicyclic) bond motifs is 3. The minimum Gasteiger partial charge on any atom is -0.497 e. The van der Waals surface area contributed by atoms with Crippen molar-refractivity contribution in [3.63, 3.8) is 0 Å². The van der Waals surface area contributed by atoms with E-state index in [1.54, 1.807) is 13.3 Å². The lowest BCUT2D eigenvalue weighted by atomic mass is 10.2. The lowest BCUT2D eigenvalue weighted by Crippen LogP contribution is -2.03. The Labute approximate surface area is 163 Å². The summed E-state index contributed by atoms with van der Waals surface area (Å²) in [5.41, 5.74) is 6.56. The number of unbranched alkanes of at least 4 members (excludes halogenated alkanes) is 1. The summed E-state index contributed by atoms with van der Waals surface area (Å²) in [5.74, 6) is 1.15. The number of rotatable bonds is 7. The minimum absolute atomic E-state index is 0.368. The van der Waals surface area contributed by atoms with Crippen molar-refractivity contribution in [3.8, 4) is 5.75 Å². The van der Waals surface area contributed by atoms with Crippen LogP contribution in [0.3, 0.4) is 0 Å². The molecule has 0 aliphatic heterocycles. The molecule has 7 heteroatoms.